The lowest BCUT2D eigenvalue weighted by Crippen LogP contribution is -2.14. The molecule has 0 unspecified atom stereocenters. The lowest BCUT2D eigenvalue weighted by atomic mass is 10.1. The molecule has 0 fully saturated rings. The van der Waals surface area contributed by atoms with Gasteiger partial charge in [-0.15, -0.1) is 0 Å². The normalized spacial score (nSPS) is 11.3. The quantitative estimate of drug-likeness (QED) is 0.403. The van der Waals surface area contributed by atoms with Crippen molar-refractivity contribution in [1.29, 1.82) is 0 Å². The molecule has 164 valence electrons. The molecule has 2 rings (SSSR count). The molecule has 2 aromatic rings. The highest BCUT2D eigenvalue weighted by Crippen LogP contribution is 2.31. The summed E-state index contributed by atoms with van der Waals surface area (Å²) < 4.78 is 59.2. The predicted octanol–water partition coefficient (Wildman–Crippen LogP) is 4.29. The van der Waals surface area contributed by atoms with Crippen molar-refractivity contribution < 1.29 is 36.9 Å². The van der Waals surface area contributed by atoms with E-state index < -0.39 is 17.7 Å². The summed E-state index contributed by atoms with van der Waals surface area (Å²) in [4.78, 5) is 12.4. The van der Waals surface area contributed by atoms with E-state index in [1.807, 2.05) is 0 Å². The molecule has 0 saturated carbocycles. The Morgan fingerprint density at radius 3 is 2.27 bits per heavy atom. The number of methoxy groups -OCH3 is 1. The molecule has 0 amide bonds. The fourth-order valence-electron chi connectivity index (χ4n) is 2.43. The molecular weight excluding hydrogens is 403 g/mol. The van der Waals surface area contributed by atoms with Crippen molar-refractivity contribution in [2.24, 2.45) is 0 Å². The number of halogens is 3. The Morgan fingerprint density at radius 1 is 0.900 bits per heavy atom. The maximum atomic E-state index is 12.9. The number of alkyl halides is 3. The van der Waals surface area contributed by atoms with Crippen LogP contribution < -0.4 is 5.32 Å². The Morgan fingerprint density at radius 2 is 1.57 bits per heavy atom. The number of carbonyl (C=O) groups is 1. The number of hydrogen-bond donors (Lipinski definition) is 1. The zero-order valence-electron chi connectivity index (χ0n) is 16.5. The summed E-state index contributed by atoms with van der Waals surface area (Å²) in [5, 5.41) is 2.84. The number of nitrogens with one attached hydrogen (secondary N) is 1. The van der Waals surface area contributed by atoms with E-state index in [1.54, 1.807) is 25.3 Å². The third kappa shape index (κ3) is 8.02. The molecule has 30 heavy (non-hydrogen) atoms. The number of ether oxygens (including phenoxy) is 4. The number of esters is 1. The third-order valence-corrected chi connectivity index (χ3v) is 3.88. The minimum atomic E-state index is -4.45. The first-order valence-corrected chi connectivity index (χ1v) is 9.26. The number of carbonyl (C=O) groups excluding carboxylic acids is 1. The predicted molar refractivity (Wildman–Crippen MR) is 105 cm³/mol. The van der Waals surface area contributed by atoms with Gasteiger partial charge in [0, 0.05) is 12.8 Å². The first-order valence-electron chi connectivity index (χ1n) is 9.26. The van der Waals surface area contributed by atoms with Crippen molar-refractivity contribution in [1.82, 2.24) is 0 Å². The number of anilines is 2. The lowest BCUT2D eigenvalue weighted by molar-refractivity contribution is -0.137. The van der Waals surface area contributed by atoms with Crippen LogP contribution in [0.25, 0.3) is 0 Å². The van der Waals surface area contributed by atoms with Crippen LogP contribution >= 0.6 is 0 Å². The van der Waals surface area contributed by atoms with Crippen LogP contribution in [0.3, 0.4) is 0 Å². The topological polar surface area (TPSA) is 66.0 Å². The van der Waals surface area contributed by atoms with Crippen molar-refractivity contribution >= 4 is 17.3 Å². The number of rotatable bonds is 12. The van der Waals surface area contributed by atoms with E-state index >= 15 is 0 Å². The zero-order valence-corrected chi connectivity index (χ0v) is 16.5. The minimum absolute atomic E-state index is 0.0365. The minimum Gasteiger partial charge on any atom is -0.460 e. The lowest BCUT2D eigenvalue weighted by Gasteiger charge is -2.13. The van der Waals surface area contributed by atoms with Gasteiger partial charge in [0.2, 0.25) is 0 Å². The van der Waals surface area contributed by atoms with Gasteiger partial charge in [0.05, 0.1) is 49.8 Å². The third-order valence-electron chi connectivity index (χ3n) is 3.88. The second-order valence-corrected chi connectivity index (χ2v) is 6.10. The summed E-state index contributed by atoms with van der Waals surface area (Å²) in [6.45, 7) is 1.98. The van der Waals surface area contributed by atoms with Crippen LogP contribution in [0.1, 0.15) is 15.9 Å². The summed E-state index contributed by atoms with van der Waals surface area (Å²) in [6, 6.07) is 11.2. The molecule has 9 heteroatoms. The molecule has 0 heterocycles. The molecular formula is C21H24F3NO5. The van der Waals surface area contributed by atoms with Crippen LogP contribution in [0, 0.1) is 0 Å². The van der Waals surface area contributed by atoms with Gasteiger partial charge in [-0.1, -0.05) is 18.2 Å². The Balaban J connectivity index is 1.85. The second-order valence-electron chi connectivity index (χ2n) is 6.10. The molecule has 1 N–H and O–H groups in total. The molecule has 0 atom stereocenters. The second kappa shape index (κ2) is 12.2. The number of para-hydroxylation sites is 1. The fraction of sp³-hybridized carbons (Fsp3) is 0.381. The Hall–Kier alpha value is -2.62. The zero-order chi connectivity index (χ0) is 21.8. The van der Waals surface area contributed by atoms with E-state index in [9.17, 15) is 18.0 Å². The molecule has 0 aliphatic carbocycles. The molecule has 0 bridgehead atoms. The van der Waals surface area contributed by atoms with Gasteiger partial charge >= 0.3 is 12.1 Å². The van der Waals surface area contributed by atoms with Crippen LogP contribution in [0.2, 0.25) is 0 Å². The molecule has 0 aromatic heterocycles. The number of hydrogen-bond acceptors (Lipinski definition) is 6. The van der Waals surface area contributed by atoms with Crippen molar-refractivity contribution in [3.05, 3.63) is 59.7 Å². The van der Waals surface area contributed by atoms with Gasteiger partial charge in [0.25, 0.3) is 0 Å². The monoisotopic (exact) mass is 427 g/mol. The van der Waals surface area contributed by atoms with Crippen LogP contribution in [0.4, 0.5) is 24.5 Å². The largest absolute Gasteiger partial charge is 0.460 e. The van der Waals surface area contributed by atoms with E-state index in [1.165, 1.54) is 18.2 Å². The molecule has 0 aliphatic heterocycles. The van der Waals surface area contributed by atoms with E-state index in [0.717, 1.165) is 12.1 Å². The van der Waals surface area contributed by atoms with Crippen LogP contribution in [-0.2, 0) is 25.1 Å². The number of benzene rings is 2. The molecule has 0 saturated heterocycles. The van der Waals surface area contributed by atoms with Gasteiger partial charge in [-0.3, -0.25) is 0 Å². The average Bonchev–Trinajstić information content (AvgIpc) is 2.72. The van der Waals surface area contributed by atoms with E-state index in [-0.39, 0.29) is 24.5 Å². The molecule has 0 radical (unpaired) electrons. The summed E-state index contributed by atoms with van der Waals surface area (Å²) in [6.07, 6.45) is -4.45. The van der Waals surface area contributed by atoms with Crippen LogP contribution in [0.5, 0.6) is 0 Å². The van der Waals surface area contributed by atoms with Crippen molar-refractivity contribution in [3.63, 3.8) is 0 Å². The Bertz CT molecular complexity index is 798. The van der Waals surface area contributed by atoms with Gasteiger partial charge in [0.1, 0.15) is 6.61 Å². The maximum absolute atomic E-state index is 12.9. The van der Waals surface area contributed by atoms with Crippen molar-refractivity contribution in [2.45, 2.75) is 6.18 Å². The highest BCUT2D eigenvalue weighted by molar-refractivity contribution is 5.96. The highest BCUT2D eigenvalue weighted by Gasteiger charge is 2.30. The van der Waals surface area contributed by atoms with Gasteiger partial charge in [-0.25, -0.2) is 4.79 Å². The van der Waals surface area contributed by atoms with Gasteiger partial charge in [-0.05, 0) is 30.3 Å². The Labute approximate surface area is 172 Å². The fourth-order valence-corrected chi connectivity index (χ4v) is 2.43. The van der Waals surface area contributed by atoms with Crippen LogP contribution in [0.15, 0.2) is 48.5 Å². The van der Waals surface area contributed by atoms with Crippen molar-refractivity contribution in [3.8, 4) is 0 Å². The first kappa shape index (κ1) is 23.7. The Kier molecular flexibility index (Phi) is 9.59. The summed E-state index contributed by atoms with van der Waals surface area (Å²) >= 11 is 0. The summed E-state index contributed by atoms with van der Waals surface area (Å²) in [5.74, 6) is -0.606. The van der Waals surface area contributed by atoms with Gasteiger partial charge in [-0.2, -0.15) is 13.2 Å². The standard InChI is InChI=1S/C21H24F3NO5/c1-27-9-10-28-11-12-29-13-14-30-20(26)18-7-2-3-8-19(18)25-17-6-4-5-16(15-17)21(22,23)24/h2-8,15,25H,9-14H2,1H3. The maximum Gasteiger partial charge on any atom is 0.416 e. The van der Waals surface area contributed by atoms with E-state index in [4.69, 9.17) is 18.9 Å². The summed E-state index contributed by atoms with van der Waals surface area (Å²) in [7, 11) is 1.58. The average molecular weight is 427 g/mol. The van der Waals surface area contributed by atoms with Gasteiger partial charge < -0.3 is 24.3 Å². The van der Waals surface area contributed by atoms with Crippen molar-refractivity contribution in [2.75, 3.05) is 52.1 Å². The molecule has 0 spiro atoms. The summed E-state index contributed by atoms with van der Waals surface area (Å²) in [5.41, 5.74) is -0.0233. The molecule has 6 nitrogen and oxygen atoms in total. The van der Waals surface area contributed by atoms with E-state index in [2.05, 4.69) is 5.32 Å². The van der Waals surface area contributed by atoms with Gasteiger partial charge in [0.15, 0.2) is 0 Å². The first-order chi connectivity index (χ1) is 14.4. The molecule has 2 aromatic carbocycles. The SMILES string of the molecule is COCCOCCOCCOC(=O)c1ccccc1Nc1cccc(C(F)(F)F)c1. The smallest absolute Gasteiger partial charge is 0.416 e. The van der Waals surface area contributed by atoms with E-state index in [0.29, 0.717) is 32.1 Å². The molecule has 0 aliphatic rings. The van der Waals surface area contributed by atoms with Crippen LogP contribution in [-0.4, -0.2) is 52.7 Å². The highest BCUT2D eigenvalue weighted by atomic mass is 19.4.